The van der Waals surface area contributed by atoms with Crippen molar-refractivity contribution in [1.29, 1.82) is 5.26 Å². The summed E-state index contributed by atoms with van der Waals surface area (Å²) in [5.74, 6) is -1.04. The third-order valence-corrected chi connectivity index (χ3v) is 4.46. The van der Waals surface area contributed by atoms with Gasteiger partial charge in [0.2, 0.25) is 5.91 Å². The number of primary amides is 1. The summed E-state index contributed by atoms with van der Waals surface area (Å²) in [6.45, 7) is 0. The van der Waals surface area contributed by atoms with Crippen molar-refractivity contribution in [3.05, 3.63) is 95.6 Å². The third-order valence-electron chi connectivity index (χ3n) is 4.46. The van der Waals surface area contributed by atoms with Crippen molar-refractivity contribution in [2.24, 2.45) is 5.73 Å². The average molecular weight is 369 g/mol. The van der Waals surface area contributed by atoms with Gasteiger partial charge in [0.25, 0.3) is 5.91 Å². The highest BCUT2D eigenvalue weighted by molar-refractivity contribution is 5.97. The smallest absolute Gasteiger partial charge is 0.251 e. The van der Waals surface area contributed by atoms with E-state index in [2.05, 4.69) is 11.4 Å². The van der Waals surface area contributed by atoms with Crippen LogP contribution in [0.15, 0.2) is 78.9 Å². The molecule has 0 aliphatic heterocycles. The van der Waals surface area contributed by atoms with Crippen molar-refractivity contribution in [2.45, 2.75) is 12.5 Å². The molecular weight excluding hydrogens is 350 g/mol. The van der Waals surface area contributed by atoms with Crippen LogP contribution in [0, 0.1) is 11.3 Å². The highest BCUT2D eigenvalue weighted by Gasteiger charge is 2.20. The molecule has 0 fully saturated rings. The van der Waals surface area contributed by atoms with Gasteiger partial charge in [0, 0.05) is 12.0 Å². The normalized spacial score (nSPS) is 11.2. The molecule has 3 N–H and O–H groups in total. The molecule has 3 aromatic carbocycles. The fraction of sp³-hybridized carbons (Fsp3) is 0.0870. The molecule has 0 radical (unpaired) electrons. The van der Waals surface area contributed by atoms with Crippen LogP contribution >= 0.6 is 0 Å². The number of nitrogens with zero attached hydrogens (tertiary/aromatic N) is 1. The van der Waals surface area contributed by atoms with E-state index in [1.165, 1.54) is 0 Å². The Labute approximate surface area is 163 Å². The maximum Gasteiger partial charge on any atom is 0.251 e. The van der Waals surface area contributed by atoms with E-state index >= 15 is 0 Å². The molecule has 0 heterocycles. The van der Waals surface area contributed by atoms with Gasteiger partial charge in [0.15, 0.2) is 0 Å². The topological polar surface area (TPSA) is 96.0 Å². The standard InChI is InChI=1S/C23H19N3O2/c24-15-20-9-5-4-8-19(20)14-21(22(25)27)26-23(28)18-12-10-17(11-13-18)16-6-2-1-3-7-16/h1-13,21H,14H2,(H2,25,27)(H,26,28)/t21-/m0/s1. The molecule has 3 rings (SSSR count). The molecule has 0 aliphatic rings. The number of benzene rings is 3. The Bertz CT molecular complexity index is 1020. The fourth-order valence-electron chi connectivity index (χ4n) is 2.94. The summed E-state index contributed by atoms with van der Waals surface area (Å²) in [4.78, 5) is 24.4. The van der Waals surface area contributed by atoms with Crippen LogP contribution in [0.3, 0.4) is 0 Å². The molecule has 0 saturated heterocycles. The van der Waals surface area contributed by atoms with Crippen molar-refractivity contribution >= 4 is 11.8 Å². The Morgan fingerprint density at radius 1 is 0.893 bits per heavy atom. The van der Waals surface area contributed by atoms with Crippen LogP contribution in [-0.4, -0.2) is 17.9 Å². The summed E-state index contributed by atoms with van der Waals surface area (Å²) in [6.07, 6.45) is 0.160. The third kappa shape index (κ3) is 4.43. The second kappa shape index (κ2) is 8.65. The van der Waals surface area contributed by atoms with E-state index in [9.17, 15) is 14.9 Å². The first kappa shape index (κ1) is 18.9. The maximum absolute atomic E-state index is 12.6. The number of nitriles is 1. The second-order valence-electron chi connectivity index (χ2n) is 6.34. The second-order valence-corrected chi connectivity index (χ2v) is 6.34. The van der Waals surface area contributed by atoms with Crippen LogP contribution in [0.2, 0.25) is 0 Å². The number of hydrogen-bond acceptors (Lipinski definition) is 3. The van der Waals surface area contributed by atoms with Crippen LogP contribution in [-0.2, 0) is 11.2 Å². The molecule has 5 heteroatoms. The van der Waals surface area contributed by atoms with Crippen molar-refractivity contribution in [1.82, 2.24) is 5.32 Å². The highest BCUT2D eigenvalue weighted by atomic mass is 16.2. The van der Waals surface area contributed by atoms with Gasteiger partial charge in [0.1, 0.15) is 6.04 Å². The molecule has 0 aromatic heterocycles. The van der Waals surface area contributed by atoms with Crippen LogP contribution in [0.1, 0.15) is 21.5 Å². The minimum absolute atomic E-state index is 0.160. The first-order valence-corrected chi connectivity index (χ1v) is 8.82. The van der Waals surface area contributed by atoms with Gasteiger partial charge in [-0.3, -0.25) is 9.59 Å². The van der Waals surface area contributed by atoms with Gasteiger partial charge in [-0.15, -0.1) is 0 Å². The molecule has 0 unspecified atom stereocenters. The number of amides is 2. The Morgan fingerprint density at radius 2 is 1.50 bits per heavy atom. The van der Waals surface area contributed by atoms with Gasteiger partial charge < -0.3 is 11.1 Å². The van der Waals surface area contributed by atoms with E-state index in [4.69, 9.17) is 5.73 Å². The van der Waals surface area contributed by atoms with Crippen LogP contribution in [0.5, 0.6) is 0 Å². The molecule has 0 spiro atoms. The maximum atomic E-state index is 12.6. The molecule has 5 nitrogen and oxygen atoms in total. The summed E-state index contributed by atoms with van der Waals surface area (Å²) < 4.78 is 0. The molecule has 28 heavy (non-hydrogen) atoms. The predicted molar refractivity (Wildman–Crippen MR) is 107 cm³/mol. The van der Waals surface area contributed by atoms with E-state index in [-0.39, 0.29) is 6.42 Å². The van der Waals surface area contributed by atoms with E-state index < -0.39 is 17.9 Å². The average Bonchev–Trinajstić information content (AvgIpc) is 2.74. The molecule has 0 aliphatic carbocycles. The van der Waals surface area contributed by atoms with Crippen LogP contribution in [0.25, 0.3) is 11.1 Å². The highest BCUT2D eigenvalue weighted by Crippen LogP contribution is 2.19. The molecule has 1 atom stereocenters. The Morgan fingerprint density at radius 3 is 2.14 bits per heavy atom. The minimum atomic E-state index is -0.907. The zero-order chi connectivity index (χ0) is 19.9. The zero-order valence-corrected chi connectivity index (χ0v) is 15.1. The minimum Gasteiger partial charge on any atom is -0.368 e. The van der Waals surface area contributed by atoms with E-state index in [0.717, 1.165) is 11.1 Å². The van der Waals surface area contributed by atoms with Gasteiger partial charge in [-0.2, -0.15) is 5.26 Å². The van der Waals surface area contributed by atoms with Gasteiger partial charge >= 0.3 is 0 Å². The Hall–Kier alpha value is -3.91. The monoisotopic (exact) mass is 369 g/mol. The Kier molecular flexibility index (Phi) is 5.83. The molecule has 3 aromatic rings. The fourth-order valence-corrected chi connectivity index (χ4v) is 2.94. The van der Waals surface area contributed by atoms with Crippen molar-refractivity contribution < 1.29 is 9.59 Å². The summed E-state index contributed by atoms with van der Waals surface area (Å²) in [7, 11) is 0. The van der Waals surface area contributed by atoms with Gasteiger partial charge in [0.05, 0.1) is 11.6 Å². The first-order valence-electron chi connectivity index (χ1n) is 8.82. The van der Waals surface area contributed by atoms with E-state index in [1.807, 2.05) is 42.5 Å². The molecular formula is C23H19N3O2. The SMILES string of the molecule is N#Cc1ccccc1C[C@H](NC(=O)c1ccc(-c2ccccc2)cc1)C(N)=O. The van der Waals surface area contributed by atoms with Crippen molar-refractivity contribution in [3.8, 4) is 17.2 Å². The number of carbonyl (C=O) groups is 2. The summed E-state index contributed by atoms with van der Waals surface area (Å²) in [5.41, 5.74) is 9.06. The number of nitrogens with one attached hydrogen (secondary N) is 1. The van der Waals surface area contributed by atoms with E-state index in [0.29, 0.717) is 16.7 Å². The lowest BCUT2D eigenvalue weighted by atomic mass is 10.00. The van der Waals surface area contributed by atoms with E-state index in [1.54, 1.807) is 36.4 Å². The molecule has 0 saturated carbocycles. The summed E-state index contributed by atoms with van der Waals surface area (Å²) in [6, 6.07) is 25.1. The lowest BCUT2D eigenvalue weighted by Gasteiger charge is -2.16. The quantitative estimate of drug-likeness (QED) is 0.699. The van der Waals surface area contributed by atoms with Gasteiger partial charge in [-0.1, -0.05) is 60.7 Å². The number of hydrogen-bond donors (Lipinski definition) is 2. The van der Waals surface area contributed by atoms with Crippen molar-refractivity contribution in [2.75, 3.05) is 0 Å². The van der Waals surface area contributed by atoms with Gasteiger partial charge in [-0.05, 0) is 34.9 Å². The predicted octanol–water partition coefficient (Wildman–Crippen LogP) is 3.05. The van der Waals surface area contributed by atoms with Crippen LogP contribution in [0.4, 0.5) is 0 Å². The lowest BCUT2D eigenvalue weighted by molar-refractivity contribution is -0.119. The summed E-state index contributed by atoms with van der Waals surface area (Å²) >= 11 is 0. The largest absolute Gasteiger partial charge is 0.368 e. The number of nitrogens with two attached hydrogens (primary N) is 1. The molecule has 138 valence electrons. The number of rotatable bonds is 6. The Balaban J connectivity index is 1.74. The zero-order valence-electron chi connectivity index (χ0n) is 15.1. The van der Waals surface area contributed by atoms with Crippen LogP contribution < -0.4 is 11.1 Å². The first-order chi connectivity index (χ1) is 13.6. The lowest BCUT2D eigenvalue weighted by Crippen LogP contribution is -2.46. The van der Waals surface area contributed by atoms with Gasteiger partial charge in [-0.25, -0.2) is 0 Å². The van der Waals surface area contributed by atoms with Crippen molar-refractivity contribution in [3.63, 3.8) is 0 Å². The molecule has 2 amide bonds. The summed E-state index contributed by atoms with van der Waals surface area (Å²) in [5, 5.41) is 11.9. The number of carbonyl (C=O) groups excluding carboxylic acids is 2. The molecule has 0 bridgehead atoms.